The molecule has 1 N–H and O–H groups in total. The highest BCUT2D eigenvalue weighted by Crippen LogP contribution is 2.27. The lowest BCUT2D eigenvalue weighted by atomic mass is 10.4. The first kappa shape index (κ1) is 15.4. The molecule has 0 aromatic carbocycles. The fraction of sp³-hybridized carbons (Fsp3) is 0.385. The third-order valence-electron chi connectivity index (χ3n) is 3.34. The van der Waals surface area contributed by atoms with Crippen molar-refractivity contribution < 1.29 is 13.2 Å². The van der Waals surface area contributed by atoms with Gasteiger partial charge in [0, 0.05) is 18.5 Å². The van der Waals surface area contributed by atoms with Crippen molar-refractivity contribution in [2.45, 2.75) is 6.54 Å². The van der Waals surface area contributed by atoms with Crippen LogP contribution in [0.4, 0.5) is 4.79 Å². The maximum atomic E-state index is 12.0. The molecule has 0 unspecified atom stereocenters. The van der Waals surface area contributed by atoms with Crippen LogP contribution in [0.5, 0.6) is 0 Å². The van der Waals surface area contributed by atoms with Crippen molar-refractivity contribution in [3.63, 3.8) is 0 Å². The van der Waals surface area contributed by atoms with E-state index in [4.69, 9.17) is 0 Å². The Bertz CT molecular complexity index is 739. The van der Waals surface area contributed by atoms with Gasteiger partial charge >= 0.3 is 6.03 Å². The normalized spacial score (nSPS) is 17.4. The minimum atomic E-state index is -2.97. The molecule has 6 nitrogen and oxygen atoms in total. The molecule has 0 spiro atoms. The van der Waals surface area contributed by atoms with Crippen molar-refractivity contribution in [3.05, 3.63) is 28.6 Å². The van der Waals surface area contributed by atoms with E-state index in [2.05, 4.69) is 10.3 Å². The second-order valence-electron chi connectivity index (χ2n) is 4.92. The molecule has 3 heterocycles. The van der Waals surface area contributed by atoms with E-state index < -0.39 is 9.84 Å². The second kappa shape index (κ2) is 6.35. The number of rotatable bonds is 3. The Hall–Kier alpha value is -1.45. The Morgan fingerprint density at radius 1 is 1.32 bits per heavy atom. The van der Waals surface area contributed by atoms with E-state index in [1.54, 1.807) is 22.7 Å². The van der Waals surface area contributed by atoms with Crippen LogP contribution in [0.1, 0.15) is 5.69 Å². The molecule has 0 aliphatic carbocycles. The Balaban J connectivity index is 1.53. The van der Waals surface area contributed by atoms with Crippen molar-refractivity contribution >= 4 is 38.5 Å². The molecular weight excluding hydrogens is 342 g/mol. The standard InChI is InChI=1S/C13H15N3O3S3/c17-13(16-3-6-22(18,19)7-4-16)14-8-10-9-21-12(15-10)11-2-1-5-20-11/h1-2,5,9H,3-4,6-8H2,(H,14,17). The monoisotopic (exact) mass is 357 g/mol. The van der Waals surface area contributed by atoms with Gasteiger partial charge in [-0.2, -0.15) is 0 Å². The molecule has 2 aromatic heterocycles. The van der Waals surface area contributed by atoms with Crippen LogP contribution in [0.3, 0.4) is 0 Å². The summed E-state index contributed by atoms with van der Waals surface area (Å²) in [7, 11) is -2.97. The van der Waals surface area contributed by atoms with Crippen LogP contribution in [-0.4, -0.2) is 48.9 Å². The molecule has 0 radical (unpaired) electrons. The SMILES string of the molecule is O=C(NCc1csc(-c2cccs2)n1)N1CCS(=O)(=O)CC1. The van der Waals surface area contributed by atoms with E-state index in [9.17, 15) is 13.2 Å². The fourth-order valence-corrected chi connectivity index (χ4v) is 4.93. The summed E-state index contributed by atoms with van der Waals surface area (Å²) < 4.78 is 22.7. The van der Waals surface area contributed by atoms with Gasteiger partial charge in [0.1, 0.15) is 5.01 Å². The zero-order valence-corrected chi connectivity index (χ0v) is 14.1. The van der Waals surface area contributed by atoms with Gasteiger partial charge in [-0.05, 0) is 11.4 Å². The zero-order chi connectivity index (χ0) is 15.6. The minimum Gasteiger partial charge on any atom is -0.332 e. The maximum Gasteiger partial charge on any atom is 0.317 e. The van der Waals surface area contributed by atoms with Crippen molar-refractivity contribution in [2.75, 3.05) is 24.6 Å². The van der Waals surface area contributed by atoms with E-state index in [0.717, 1.165) is 15.6 Å². The van der Waals surface area contributed by atoms with Crippen LogP contribution in [0.15, 0.2) is 22.9 Å². The number of carbonyl (C=O) groups is 1. The van der Waals surface area contributed by atoms with Gasteiger partial charge in [0.15, 0.2) is 9.84 Å². The predicted octanol–water partition coefficient (Wildman–Crippen LogP) is 1.81. The Morgan fingerprint density at radius 3 is 2.77 bits per heavy atom. The third kappa shape index (κ3) is 3.65. The lowest BCUT2D eigenvalue weighted by Crippen LogP contribution is -2.48. The van der Waals surface area contributed by atoms with Gasteiger partial charge in [0.05, 0.1) is 28.6 Å². The summed E-state index contributed by atoms with van der Waals surface area (Å²) in [5.41, 5.74) is 0.811. The molecule has 1 saturated heterocycles. The van der Waals surface area contributed by atoms with E-state index in [1.807, 2.05) is 22.9 Å². The number of sulfone groups is 1. The molecule has 1 fully saturated rings. The van der Waals surface area contributed by atoms with E-state index in [-0.39, 0.29) is 30.6 Å². The summed E-state index contributed by atoms with van der Waals surface area (Å²) in [6, 6.07) is 3.76. The number of carbonyl (C=O) groups excluding carboxylic acids is 1. The number of hydrogen-bond acceptors (Lipinski definition) is 6. The molecule has 3 rings (SSSR count). The van der Waals surface area contributed by atoms with E-state index >= 15 is 0 Å². The first-order valence-electron chi connectivity index (χ1n) is 6.75. The molecule has 2 aromatic rings. The predicted molar refractivity (Wildman–Crippen MR) is 87.9 cm³/mol. The van der Waals surface area contributed by atoms with E-state index in [0.29, 0.717) is 6.54 Å². The lowest BCUT2D eigenvalue weighted by molar-refractivity contribution is 0.201. The Labute approximate surface area is 136 Å². The smallest absolute Gasteiger partial charge is 0.317 e. The molecule has 0 bridgehead atoms. The van der Waals surface area contributed by atoms with Crippen molar-refractivity contribution in [2.24, 2.45) is 0 Å². The quantitative estimate of drug-likeness (QED) is 0.909. The first-order chi connectivity index (χ1) is 10.5. The van der Waals surface area contributed by atoms with Crippen molar-refractivity contribution in [1.82, 2.24) is 15.2 Å². The number of urea groups is 1. The summed E-state index contributed by atoms with van der Waals surface area (Å²) in [5.74, 6) is 0.0826. The minimum absolute atomic E-state index is 0.0413. The number of aromatic nitrogens is 1. The summed E-state index contributed by atoms with van der Waals surface area (Å²) in [6.07, 6.45) is 0. The van der Waals surface area contributed by atoms with Gasteiger partial charge in [-0.25, -0.2) is 18.2 Å². The van der Waals surface area contributed by atoms with Gasteiger partial charge in [-0.15, -0.1) is 22.7 Å². The zero-order valence-electron chi connectivity index (χ0n) is 11.7. The number of amides is 2. The average molecular weight is 357 g/mol. The second-order valence-corrected chi connectivity index (χ2v) is 9.03. The Kier molecular flexibility index (Phi) is 4.46. The summed E-state index contributed by atoms with van der Waals surface area (Å²) in [6.45, 7) is 0.862. The molecule has 9 heteroatoms. The highest BCUT2D eigenvalue weighted by Gasteiger charge is 2.24. The van der Waals surface area contributed by atoms with Crippen molar-refractivity contribution in [3.8, 4) is 9.88 Å². The van der Waals surface area contributed by atoms with Gasteiger partial charge < -0.3 is 10.2 Å². The van der Waals surface area contributed by atoms with E-state index in [1.165, 1.54) is 4.90 Å². The summed E-state index contributed by atoms with van der Waals surface area (Å²) >= 11 is 3.18. The van der Waals surface area contributed by atoms with Gasteiger partial charge in [-0.1, -0.05) is 6.07 Å². The third-order valence-corrected chi connectivity index (χ3v) is 6.88. The highest BCUT2D eigenvalue weighted by molar-refractivity contribution is 7.91. The number of hydrogen-bond donors (Lipinski definition) is 1. The summed E-state index contributed by atoms with van der Waals surface area (Å²) in [4.78, 5) is 19.2. The number of thiophene rings is 1. The molecule has 118 valence electrons. The molecule has 0 atom stereocenters. The lowest BCUT2D eigenvalue weighted by Gasteiger charge is -2.26. The molecule has 22 heavy (non-hydrogen) atoms. The average Bonchev–Trinajstić information content (AvgIpc) is 3.15. The fourth-order valence-electron chi connectivity index (χ4n) is 2.10. The molecule has 1 aliphatic rings. The molecular formula is C13H15N3O3S3. The highest BCUT2D eigenvalue weighted by atomic mass is 32.2. The van der Waals surface area contributed by atoms with Crippen LogP contribution >= 0.6 is 22.7 Å². The van der Waals surface area contributed by atoms with Gasteiger partial charge in [0.2, 0.25) is 0 Å². The first-order valence-corrected chi connectivity index (χ1v) is 10.3. The maximum absolute atomic E-state index is 12.0. The Morgan fingerprint density at radius 2 is 2.09 bits per heavy atom. The number of thiazole rings is 1. The largest absolute Gasteiger partial charge is 0.332 e. The van der Waals surface area contributed by atoms with Crippen LogP contribution < -0.4 is 5.32 Å². The molecule has 0 saturated carbocycles. The topological polar surface area (TPSA) is 79.4 Å². The number of nitrogens with zero attached hydrogens (tertiary/aromatic N) is 2. The molecule has 1 aliphatic heterocycles. The summed E-state index contributed by atoms with van der Waals surface area (Å²) in [5, 5.41) is 7.67. The van der Waals surface area contributed by atoms with Crippen LogP contribution in [0.2, 0.25) is 0 Å². The van der Waals surface area contributed by atoms with Gasteiger partial charge in [0.25, 0.3) is 0 Å². The van der Waals surface area contributed by atoms with Gasteiger partial charge in [-0.3, -0.25) is 0 Å². The van der Waals surface area contributed by atoms with Crippen LogP contribution in [0, 0.1) is 0 Å². The van der Waals surface area contributed by atoms with Crippen molar-refractivity contribution in [1.29, 1.82) is 0 Å². The van der Waals surface area contributed by atoms with Crippen LogP contribution in [-0.2, 0) is 16.4 Å². The molecule has 2 amide bonds. The number of nitrogens with one attached hydrogen (secondary N) is 1. The van der Waals surface area contributed by atoms with Crippen LogP contribution in [0.25, 0.3) is 9.88 Å².